The molecule has 1 heterocycles. The number of amides is 3. The van der Waals surface area contributed by atoms with E-state index in [1.165, 1.54) is 0 Å². The van der Waals surface area contributed by atoms with Crippen LogP contribution in [0.3, 0.4) is 0 Å². The zero-order valence-corrected chi connectivity index (χ0v) is 19.2. The van der Waals surface area contributed by atoms with Gasteiger partial charge in [-0.1, -0.05) is 43.2 Å². The third-order valence-electron chi connectivity index (χ3n) is 7.12. The number of nitriles is 1. The quantitative estimate of drug-likeness (QED) is 0.365. The summed E-state index contributed by atoms with van der Waals surface area (Å²) in [6.45, 7) is 2.82. The van der Waals surface area contributed by atoms with Crippen LogP contribution in [0.5, 0.6) is 0 Å². The van der Waals surface area contributed by atoms with Crippen molar-refractivity contribution < 1.29 is 14.4 Å². The molecule has 1 atom stereocenters. The number of piperidine rings is 1. The molecule has 1 aromatic carbocycles. The average Bonchev–Trinajstić information content (AvgIpc) is 3.32. The molecule has 2 fully saturated rings. The highest BCUT2D eigenvalue weighted by Crippen LogP contribution is 2.38. The minimum atomic E-state index is -1.22. The van der Waals surface area contributed by atoms with Gasteiger partial charge < -0.3 is 16.4 Å². The fourth-order valence-electron chi connectivity index (χ4n) is 4.98. The Morgan fingerprint density at radius 2 is 1.82 bits per heavy atom. The standard InChI is InChI=1S/C25H35N5O3/c26-13-17-30-15-9-19(10-16-30)8-14-28-22(31)21(18-20-6-2-1-3-7-20)29-24(33)25(23(27)32)11-4-5-12-25/h1-3,6-7,19,21H,4-5,8-12,14-18H2,(H2,27,32)(H,28,31)(H,29,33)/t21-/m1/s1. The van der Waals surface area contributed by atoms with Crippen LogP contribution in [0.1, 0.15) is 50.5 Å². The van der Waals surface area contributed by atoms with E-state index in [-0.39, 0.29) is 5.91 Å². The second-order valence-corrected chi connectivity index (χ2v) is 9.33. The van der Waals surface area contributed by atoms with Crippen molar-refractivity contribution in [3.05, 3.63) is 35.9 Å². The summed E-state index contributed by atoms with van der Waals surface area (Å²) in [5, 5.41) is 14.7. The van der Waals surface area contributed by atoms with Gasteiger partial charge in [0.1, 0.15) is 11.5 Å². The van der Waals surface area contributed by atoms with Crippen LogP contribution in [0, 0.1) is 22.7 Å². The summed E-state index contributed by atoms with van der Waals surface area (Å²) in [5.41, 5.74) is 5.33. The van der Waals surface area contributed by atoms with E-state index >= 15 is 0 Å². The van der Waals surface area contributed by atoms with Gasteiger partial charge in [-0.05, 0) is 56.7 Å². The molecule has 3 rings (SSSR count). The number of benzene rings is 1. The smallest absolute Gasteiger partial charge is 0.242 e. The Kier molecular flexibility index (Phi) is 8.84. The van der Waals surface area contributed by atoms with Gasteiger partial charge in [-0.15, -0.1) is 0 Å². The number of hydrogen-bond acceptors (Lipinski definition) is 5. The van der Waals surface area contributed by atoms with Gasteiger partial charge in [-0.3, -0.25) is 19.3 Å². The van der Waals surface area contributed by atoms with Crippen LogP contribution >= 0.6 is 0 Å². The van der Waals surface area contributed by atoms with Gasteiger partial charge in [-0.2, -0.15) is 5.26 Å². The van der Waals surface area contributed by atoms with Crippen LogP contribution in [-0.4, -0.2) is 54.8 Å². The van der Waals surface area contributed by atoms with Gasteiger partial charge in [0.25, 0.3) is 0 Å². The third kappa shape index (κ3) is 6.55. The fourth-order valence-corrected chi connectivity index (χ4v) is 4.98. The third-order valence-corrected chi connectivity index (χ3v) is 7.12. The lowest BCUT2D eigenvalue weighted by Gasteiger charge is -2.30. The summed E-state index contributed by atoms with van der Waals surface area (Å²) in [4.78, 5) is 40.4. The van der Waals surface area contributed by atoms with Gasteiger partial charge in [0.2, 0.25) is 17.7 Å². The fraction of sp³-hybridized carbons (Fsp3) is 0.600. The largest absolute Gasteiger partial charge is 0.369 e. The van der Waals surface area contributed by atoms with E-state index in [1.807, 2.05) is 30.3 Å². The van der Waals surface area contributed by atoms with Crippen molar-refractivity contribution >= 4 is 17.7 Å². The maximum Gasteiger partial charge on any atom is 0.242 e. The first kappa shape index (κ1) is 24.7. The summed E-state index contributed by atoms with van der Waals surface area (Å²) >= 11 is 0. The van der Waals surface area contributed by atoms with Crippen molar-refractivity contribution in [1.29, 1.82) is 5.26 Å². The number of nitrogens with one attached hydrogen (secondary N) is 2. The summed E-state index contributed by atoms with van der Waals surface area (Å²) < 4.78 is 0. The van der Waals surface area contributed by atoms with E-state index in [0.29, 0.717) is 38.3 Å². The van der Waals surface area contributed by atoms with Crippen molar-refractivity contribution in [2.75, 3.05) is 26.2 Å². The van der Waals surface area contributed by atoms with E-state index in [1.54, 1.807) is 0 Å². The first-order valence-corrected chi connectivity index (χ1v) is 12.0. The van der Waals surface area contributed by atoms with Crippen molar-refractivity contribution in [3.63, 3.8) is 0 Å². The molecular formula is C25H35N5O3. The molecule has 0 spiro atoms. The van der Waals surface area contributed by atoms with E-state index in [2.05, 4.69) is 21.6 Å². The van der Waals surface area contributed by atoms with Gasteiger partial charge in [-0.25, -0.2) is 0 Å². The van der Waals surface area contributed by atoms with Crippen molar-refractivity contribution in [1.82, 2.24) is 15.5 Å². The zero-order valence-electron chi connectivity index (χ0n) is 19.2. The van der Waals surface area contributed by atoms with E-state index in [0.717, 1.165) is 50.8 Å². The van der Waals surface area contributed by atoms with Crippen molar-refractivity contribution in [2.24, 2.45) is 17.1 Å². The summed E-state index contributed by atoms with van der Waals surface area (Å²) in [7, 11) is 0. The van der Waals surface area contributed by atoms with Crippen LogP contribution in [-0.2, 0) is 20.8 Å². The Bertz CT molecular complexity index is 853. The molecule has 8 nitrogen and oxygen atoms in total. The number of nitrogens with zero attached hydrogens (tertiary/aromatic N) is 2. The highest BCUT2D eigenvalue weighted by atomic mass is 16.2. The SMILES string of the molecule is N#CCN1CCC(CCNC(=O)[C@@H](Cc2ccccc2)NC(=O)C2(C(N)=O)CCCC2)CC1. The molecule has 0 unspecified atom stereocenters. The molecule has 0 aromatic heterocycles. The molecule has 4 N–H and O–H groups in total. The molecule has 0 radical (unpaired) electrons. The normalized spacial score (nSPS) is 19.4. The molecule has 1 aliphatic carbocycles. The van der Waals surface area contributed by atoms with E-state index < -0.39 is 23.3 Å². The molecule has 1 aliphatic heterocycles. The monoisotopic (exact) mass is 453 g/mol. The predicted molar refractivity (Wildman–Crippen MR) is 125 cm³/mol. The molecule has 0 bridgehead atoms. The first-order chi connectivity index (χ1) is 15.9. The Morgan fingerprint density at radius 3 is 2.42 bits per heavy atom. The van der Waals surface area contributed by atoms with E-state index in [4.69, 9.17) is 11.0 Å². The highest BCUT2D eigenvalue weighted by Gasteiger charge is 2.47. The lowest BCUT2D eigenvalue weighted by atomic mass is 9.84. The Morgan fingerprint density at radius 1 is 1.15 bits per heavy atom. The number of carbonyl (C=O) groups excluding carboxylic acids is 3. The molecule has 33 heavy (non-hydrogen) atoms. The molecule has 1 saturated heterocycles. The van der Waals surface area contributed by atoms with Gasteiger partial charge in [0.05, 0.1) is 12.6 Å². The Labute approximate surface area is 195 Å². The topological polar surface area (TPSA) is 128 Å². The second-order valence-electron chi connectivity index (χ2n) is 9.33. The number of rotatable bonds is 10. The Hall–Kier alpha value is -2.92. The maximum atomic E-state index is 13.1. The average molecular weight is 454 g/mol. The molecule has 1 aromatic rings. The number of carbonyl (C=O) groups is 3. The van der Waals surface area contributed by atoms with Gasteiger partial charge in [0, 0.05) is 13.0 Å². The second kappa shape index (κ2) is 11.8. The van der Waals surface area contributed by atoms with E-state index in [9.17, 15) is 14.4 Å². The summed E-state index contributed by atoms with van der Waals surface area (Å²) in [5.74, 6) is -0.779. The van der Waals surface area contributed by atoms with Gasteiger partial charge >= 0.3 is 0 Å². The van der Waals surface area contributed by atoms with Gasteiger partial charge in [0.15, 0.2) is 0 Å². The van der Waals surface area contributed by atoms with Crippen molar-refractivity contribution in [3.8, 4) is 6.07 Å². The number of nitrogens with two attached hydrogens (primary N) is 1. The molecule has 178 valence electrons. The minimum absolute atomic E-state index is 0.244. The predicted octanol–water partition coefficient (Wildman–Crippen LogP) is 1.50. The van der Waals surface area contributed by atoms with Crippen LogP contribution in [0.25, 0.3) is 0 Å². The number of hydrogen-bond donors (Lipinski definition) is 3. The maximum absolute atomic E-state index is 13.1. The summed E-state index contributed by atoms with van der Waals surface area (Å²) in [6.07, 6.45) is 5.66. The lowest BCUT2D eigenvalue weighted by molar-refractivity contribution is -0.143. The zero-order chi connectivity index (χ0) is 23.7. The summed E-state index contributed by atoms with van der Waals surface area (Å²) in [6, 6.07) is 11.0. The Balaban J connectivity index is 1.58. The first-order valence-electron chi connectivity index (χ1n) is 12.0. The number of primary amides is 1. The molecule has 2 aliphatic rings. The molecule has 8 heteroatoms. The van der Waals surface area contributed by atoms with Crippen LogP contribution in [0.4, 0.5) is 0 Å². The van der Waals surface area contributed by atoms with Crippen LogP contribution < -0.4 is 16.4 Å². The van der Waals surface area contributed by atoms with Crippen LogP contribution in [0.2, 0.25) is 0 Å². The molecular weight excluding hydrogens is 418 g/mol. The highest BCUT2D eigenvalue weighted by molar-refractivity contribution is 6.05. The minimum Gasteiger partial charge on any atom is -0.369 e. The van der Waals surface area contributed by atoms with Crippen LogP contribution in [0.15, 0.2) is 30.3 Å². The lowest BCUT2D eigenvalue weighted by Crippen LogP contribution is -2.55. The number of likely N-dealkylation sites (tertiary alicyclic amines) is 1. The van der Waals surface area contributed by atoms with Crippen molar-refractivity contribution in [2.45, 2.75) is 57.4 Å². The molecule has 3 amide bonds. The molecule has 1 saturated carbocycles.